The van der Waals surface area contributed by atoms with Gasteiger partial charge in [-0.15, -0.1) is 0 Å². The number of nitrogens with one attached hydrogen (secondary N) is 1. The smallest absolute Gasteiger partial charge is 0.0237 e. The van der Waals surface area contributed by atoms with Crippen LogP contribution in [-0.2, 0) is 13.0 Å². The van der Waals surface area contributed by atoms with Crippen LogP contribution in [0.1, 0.15) is 25.0 Å². The zero-order valence-electron chi connectivity index (χ0n) is 10.4. The minimum Gasteiger partial charge on any atom is -0.314 e. The van der Waals surface area contributed by atoms with Crippen LogP contribution in [-0.4, -0.2) is 30.6 Å². The Balaban J connectivity index is 1.96. The summed E-state index contributed by atoms with van der Waals surface area (Å²) in [5, 5.41) is 3.43. The number of benzene rings is 1. The monoisotopic (exact) mass is 218 g/mol. The van der Waals surface area contributed by atoms with Crippen LogP contribution in [0.15, 0.2) is 24.3 Å². The summed E-state index contributed by atoms with van der Waals surface area (Å²) in [7, 11) is 0. The van der Waals surface area contributed by atoms with Crippen LogP contribution >= 0.6 is 0 Å². The minimum atomic E-state index is 0.652. The van der Waals surface area contributed by atoms with E-state index >= 15 is 0 Å². The number of rotatable bonds is 3. The Morgan fingerprint density at radius 3 is 2.56 bits per heavy atom. The molecule has 16 heavy (non-hydrogen) atoms. The summed E-state index contributed by atoms with van der Waals surface area (Å²) in [4.78, 5) is 2.55. The Kier molecular flexibility index (Phi) is 3.97. The first-order valence-corrected chi connectivity index (χ1v) is 6.32. The van der Waals surface area contributed by atoms with Gasteiger partial charge < -0.3 is 5.32 Å². The third-order valence-electron chi connectivity index (χ3n) is 3.46. The Morgan fingerprint density at radius 2 is 1.94 bits per heavy atom. The lowest BCUT2D eigenvalue weighted by molar-refractivity contribution is 0.165. The maximum Gasteiger partial charge on any atom is 0.0237 e. The molecule has 2 heteroatoms. The van der Waals surface area contributed by atoms with E-state index in [4.69, 9.17) is 0 Å². The molecule has 0 saturated carbocycles. The number of aryl methyl sites for hydroxylation is 1. The summed E-state index contributed by atoms with van der Waals surface area (Å²) in [5.74, 6) is 0. The van der Waals surface area contributed by atoms with Crippen molar-refractivity contribution in [1.29, 1.82) is 0 Å². The summed E-state index contributed by atoms with van der Waals surface area (Å²) in [6.45, 7) is 8.99. The second-order valence-corrected chi connectivity index (χ2v) is 4.69. The minimum absolute atomic E-state index is 0.652. The zero-order valence-corrected chi connectivity index (χ0v) is 10.4. The highest BCUT2D eigenvalue weighted by molar-refractivity contribution is 5.22. The Morgan fingerprint density at radius 1 is 1.25 bits per heavy atom. The molecule has 88 valence electrons. The maximum absolute atomic E-state index is 3.43. The van der Waals surface area contributed by atoms with E-state index in [1.165, 1.54) is 11.1 Å². The van der Waals surface area contributed by atoms with Gasteiger partial charge in [0.05, 0.1) is 0 Å². The van der Waals surface area contributed by atoms with Crippen LogP contribution in [0.5, 0.6) is 0 Å². The average molecular weight is 218 g/mol. The SMILES string of the molecule is CCc1ccc(CN2CCNC[C@H]2C)cc1. The largest absolute Gasteiger partial charge is 0.314 e. The van der Waals surface area contributed by atoms with Gasteiger partial charge in [-0.25, -0.2) is 0 Å². The van der Waals surface area contributed by atoms with Crippen molar-refractivity contribution < 1.29 is 0 Å². The van der Waals surface area contributed by atoms with Crippen molar-refractivity contribution in [3.8, 4) is 0 Å². The number of hydrogen-bond donors (Lipinski definition) is 1. The summed E-state index contributed by atoms with van der Waals surface area (Å²) in [6, 6.07) is 9.70. The fourth-order valence-corrected chi connectivity index (χ4v) is 2.23. The molecule has 1 heterocycles. The van der Waals surface area contributed by atoms with E-state index in [1.807, 2.05) is 0 Å². The van der Waals surface area contributed by atoms with E-state index in [1.54, 1.807) is 0 Å². The molecule has 1 fully saturated rings. The molecule has 0 aliphatic carbocycles. The molecule has 1 atom stereocenters. The molecule has 0 spiro atoms. The lowest BCUT2D eigenvalue weighted by Gasteiger charge is -2.33. The van der Waals surface area contributed by atoms with E-state index in [9.17, 15) is 0 Å². The topological polar surface area (TPSA) is 15.3 Å². The molecule has 0 radical (unpaired) electrons. The number of nitrogens with zero attached hydrogens (tertiary/aromatic N) is 1. The summed E-state index contributed by atoms with van der Waals surface area (Å²) >= 11 is 0. The highest BCUT2D eigenvalue weighted by Gasteiger charge is 2.17. The van der Waals surface area contributed by atoms with Crippen LogP contribution in [0.2, 0.25) is 0 Å². The Bertz CT molecular complexity index is 318. The summed E-state index contributed by atoms with van der Waals surface area (Å²) in [6.07, 6.45) is 1.13. The van der Waals surface area contributed by atoms with Crippen LogP contribution in [0.25, 0.3) is 0 Å². The van der Waals surface area contributed by atoms with Crippen molar-refractivity contribution in [2.75, 3.05) is 19.6 Å². The highest BCUT2D eigenvalue weighted by atomic mass is 15.2. The van der Waals surface area contributed by atoms with Gasteiger partial charge in [0, 0.05) is 32.2 Å². The van der Waals surface area contributed by atoms with Gasteiger partial charge in [0.2, 0.25) is 0 Å². The van der Waals surface area contributed by atoms with Crippen molar-refractivity contribution in [3.63, 3.8) is 0 Å². The van der Waals surface area contributed by atoms with E-state index in [-0.39, 0.29) is 0 Å². The van der Waals surface area contributed by atoms with E-state index in [0.29, 0.717) is 6.04 Å². The van der Waals surface area contributed by atoms with Crippen molar-refractivity contribution in [1.82, 2.24) is 10.2 Å². The molecule has 1 N–H and O–H groups in total. The van der Waals surface area contributed by atoms with E-state index < -0.39 is 0 Å². The number of piperazine rings is 1. The van der Waals surface area contributed by atoms with Crippen LogP contribution in [0, 0.1) is 0 Å². The van der Waals surface area contributed by atoms with Gasteiger partial charge in [-0.05, 0) is 24.5 Å². The van der Waals surface area contributed by atoms with Gasteiger partial charge >= 0.3 is 0 Å². The predicted molar refractivity (Wildman–Crippen MR) is 68.6 cm³/mol. The third kappa shape index (κ3) is 2.83. The van der Waals surface area contributed by atoms with Gasteiger partial charge in [-0.2, -0.15) is 0 Å². The van der Waals surface area contributed by atoms with Gasteiger partial charge in [-0.1, -0.05) is 31.2 Å². The second kappa shape index (κ2) is 5.46. The van der Waals surface area contributed by atoms with Crippen molar-refractivity contribution in [2.24, 2.45) is 0 Å². The quantitative estimate of drug-likeness (QED) is 0.835. The second-order valence-electron chi connectivity index (χ2n) is 4.69. The first kappa shape index (κ1) is 11.6. The molecular formula is C14H22N2. The highest BCUT2D eigenvalue weighted by Crippen LogP contribution is 2.11. The third-order valence-corrected chi connectivity index (χ3v) is 3.46. The fraction of sp³-hybridized carbons (Fsp3) is 0.571. The summed E-state index contributed by atoms with van der Waals surface area (Å²) < 4.78 is 0. The zero-order chi connectivity index (χ0) is 11.4. The Labute approximate surface area is 98.7 Å². The molecule has 0 amide bonds. The van der Waals surface area contributed by atoms with Gasteiger partial charge in [0.15, 0.2) is 0 Å². The predicted octanol–water partition coefficient (Wildman–Crippen LogP) is 2.04. The van der Waals surface area contributed by atoms with Crippen LogP contribution in [0.4, 0.5) is 0 Å². The molecule has 0 bridgehead atoms. The van der Waals surface area contributed by atoms with E-state index in [0.717, 1.165) is 32.6 Å². The first-order valence-electron chi connectivity index (χ1n) is 6.32. The number of hydrogen-bond acceptors (Lipinski definition) is 2. The van der Waals surface area contributed by atoms with Gasteiger partial charge in [-0.3, -0.25) is 4.90 Å². The molecular weight excluding hydrogens is 196 g/mol. The molecule has 0 aromatic heterocycles. The molecule has 1 aliphatic heterocycles. The van der Waals surface area contributed by atoms with Crippen LogP contribution in [0.3, 0.4) is 0 Å². The van der Waals surface area contributed by atoms with Crippen molar-refractivity contribution in [2.45, 2.75) is 32.9 Å². The van der Waals surface area contributed by atoms with Gasteiger partial charge in [0.25, 0.3) is 0 Å². The fourth-order valence-electron chi connectivity index (χ4n) is 2.23. The average Bonchev–Trinajstić information content (AvgIpc) is 2.33. The molecule has 1 aromatic carbocycles. The Hall–Kier alpha value is -0.860. The molecule has 1 aliphatic rings. The van der Waals surface area contributed by atoms with E-state index in [2.05, 4.69) is 48.3 Å². The lowest BCUT2D eigenvalue weighted by Crippen LogP contribution is -2.49. The molecule has 1 saturated heterocycles. The normalized spacial score (nSPS) is 22.2. The van der Waals surface area contributed by atoms with Crippen LogP contribution < -0.4 is 5.32 Å². The molecule has 1 aromatic rings. The molecule has 0 unspecified atom stereocenters. The van der Waals surface area contributed by atoms with Crippen molar-refractivity contribution >= 4 is 0 Å². The van der Waals surface area contributed by atoms with Crippen molar-refractivity contribution in [3.05, 3.63) is 35.4 Å². The standard InChI is InChI=1S/C14H22N2/c1-3-13-4-6-14(7-5-13)11-16-9-8-15-10-12(16)2/h4-7,12,15H,3,8-11H2,1-2H3/t12-/m1/s1. The molecule has 2 rings (SSSR count). The summed E-state index contributed by atoms with van der Waals surface area (Å²) in [5.41, 5.74) is 2.86. The maximum atomic E-state index is 3.43. The van der Waals surface area contributed by atoms with Gasteiger partial charge in [0.1, 0.15) is 0 Å². The lowest BCUT2D eigenvalue weighted by atomic mass is 10.1. The first-order chi connectivity index (χ1) is 7.79. The molecule has 2 nitrogen and oxygen atoms in total.